The molecule has 2 aromatic rings. The summed E-state index contributed by atoms with van der Waals surface area (Å²) in [6, 6.07) is 13.4. The molecule has 1 aliphatic rings. The van der Waals surface area contributed by atoms with Crippen molar-refractivity contribution in [3.63, 3.8) is 0 Å². The fourth-order valence-corrected chi connectivity index (χ4v) is 2.51. The topological polar surface area (TPSA) is 67.4 Å². The Bertz CT molecular complexity index is 639. The first-order chi connectivity index (χ1) is 11.2. The number of nitrogens with zero attached hydrogens (tertiary/aromatic N) is 3. The number of carbonyl (C=O) groups excluding carboxylic acids is 1. The van der Waals surface area contributed by atoms with E-state index in [-0.39, 0.29) is 12.0 Å². The third-order valence-electron chi connectivity index (χ3n) is 3.88. The van der Waals surface area contributed by atoms with E-state index in [1.54, 1.807) is 12.1 Å². The van der Waals surface area contributed by atoms with Crippen LogP contribution in [0.1, 0.15) is 23.3 Å². The maximum atomic E-state index is 12.1. The van der Waals surface area contributed by atoms with Crippen molar-refractivity contribution >= 4 is 17.4 Å². The molecule has 23 heavy (non-hydrogen) atoms. The fraction of sp³-hybridized carbons (Fsp3) is 0.353. The Morgan fingerprint density at radius 1 is 1.26 bits per heavy atom. The van der Waals surface area contributed by atoms with E-state index in [4.69, 9.17) is 4.74 Å². The Labute approximate surface area is 135 Å². The van der Waals surface area contributed by atoms with Gasteiger partial charge in [0.2, 0.25) is 0 Å². The number of anilines is 2. The fourth-order valence-electron chi connectivity index (χ4n) is 2.51. The lowest BCUT2D eigenvalue weighted by Crippen LogP contribution is -2.32. The number of hydrogen-bond donors (Lipinski definition) is 1. The molecule has 1 aliphatic heterocycles. The van der Waals surface area contributed by atoms with E-state index < -0.39 is 0 Å². The van der Waals surface area contributed by atoms with Gasteiger partial charge < -0.3 is 15.0 Å². The van der Waals surface area contributed by atoms with Crippen molar-refractivity contribution in [2.75, 3.05) is 25.1 Å². The summed E-state index contributed by atoms with van der Waals surface area (Å²) in [7, 11) is 1.91. The van der Waals surface area contributed by atoms with Gasteiger partial charge in [0, 0.05) is 25.9 Å². The molecule has 1 unspecified atom stereocenters. The lowest BCUT2D eigenvalue weighted by atomic mass is 10.2. The molecule has 6 heteroatoms. The van der Waals surface area contributed by atoms with E-state index in [9.17, 15) is 4.79 Å². The zero-order chi connectivity index (χ0) is 16.1. The van der Waals surface area contributed by atoms with Gasteiger partial charge in [0.15, 0.2) is 11.5 Å². The largest absolute Gasteiger partial charge is 0.376 e. The van der Waals surface area contributed by atoms with Gasteiger partial charge in [-0.2, -0.15) is 0 Å². The standard InChI is InChI=1S/C17H20N4O2/c1-21(13-6-3-2-4-7-13)16-10-9-15(19-20-16)17(22)18-12-14-8-5-11-23-14/h2-4,6-7,9-10,14H,5,8,11-12H2,1H3,(H,18,22). The van der Waals surface area contributed by atoms with E-state index in [1.165, 1.54) is 0 Å². The smallest absolute Gasteiger partial charge is 0.271 e. The molecule has 1 amide bonds. The first kappa shape index (κ1) is 15.4. The summed E-state index contributed by atoms with van der Waals surface area (Å²) in [5, 5.41) is 11.0. The van der Waals surface area contributed by atoms with Gasteiger partial charge in [-0.1, -0.05) is 18.2 Å². The second-order valence-corrected chi connectivity index (χ2v) is 5.52. The first-order valence-electron chi connectivity index (χ1n) is 7.76. The van der Waals surface area contributed by atoms with Crippen molar-refractivity contribution in [3.05, 3.63) is 48.2 Å². The van der Waals surface area contributed by atoms with E-state index in [0.717, 1.165) is 25.1 Å². The van der Waals surface area contributed by atoms with Crippen LogP contribution in [0.15, 0.2) is 42.5 Å². The first-order valence-corrected chi connectivity index (χ1v) is 7.76. The molecule has 1 atom stereocenters. The molecule has 1 N–H and O–H groups in total. The minimum absolute atomic E-state index is 0.121. The Morgan fingerprint density at radius 2 is 2.09 bits per heavy atom. The maximum Gasteiger partial charge on any atom is 0.271 e. The van der Waals surface area contributed by atoms with E-state index >= 15 is 0 Å². The van der Waals surface area contributed by atoms with Gasteiger partial charge in [-0.25, -0.2) is 0 Å². The maximum absolute atomic E-state index is 12.1. The Balaban J connectivity index is 1.61. The molecule has 0 saturated carbocycles. The third kappa shape index (κ3) is 3.84. The van der Waals surface area contributed by atoms with Crippen LogP contribution in [-0.2, 0) is 4.74 Å². The number of rotatable bonds is 5. The highest BCUT2D eigenvalue weighted by molar-refractivity contribution is 5.92. The van der Waals surface area contributed by atoms with Gasteiger partial charge in [-0.15, -0.1) is 10.2 Å². The number of amides is 1. The van der Waals surface area contributed by atoms with Crippen LogP contribution in [0, 0.1) is 0 Å². The van der Waals surface area contributed by atoms with Gasteiger partial charge >= 0.3 is 0 Å². The van der Waals surface area contributed by atoms with Gasteiger partial charge in [0.25, 0.3) is 5.91 Å². The number of aromatic nitrogens is 2. The van der Waals surface area contributed by atoms with Gasteiger partial charge in [0.05, 0.1) is 6.10 Å². The summed E-state index contributed by atoms with van der Waals surface area (Å²) < 4.78 is 5.48. The number of para-hydroxylation sites is 1. The second kappa shape index (κ2) is 7.19. The average molecular weight is 312 g/mol. The molecule has 1 aromatic heterocycles. The van der Waals surface area contributed by atoms with Crippen molar-refractivity contribution in [1.82, 2.24) is 15.5 Å². The Morgan fingerprint density at radius 3 is 2.74 bits per heavy atom. The molecule has 0 radical (unpaired) electrons. The van der Waals surface area contributed by atoms with E-state index in [2.05, 4.69) is 15.5 Å². The molecule has 120 valence electrons. The average Bonchev–Trinajstić information content (AvgIpc) is 3.13. The minimum atomic E-state index is -0.220. The van der Waals surface area contributed by atoms with Crippen LogP contribution in [0.4, 0.5) is 11.5 Å². The zero-order valence-corrected chi connectivity index (χ0v) is 13.1. The monoisotopic (exact) mass is 312 g/mol. The highest BCUT2D eigenvalue weighted by Crippen LogP contribution is 2.20. The van der Waals surface area contributed by atoms with Crippen molar-refractivity contribution in [1.29, 1.82) is 0 Å². The highest BCUT2D eigenvalue weighted by atomic mass is 16.5. The number of hydrogen-bond acceptors (Lipinski definition) is 5. The van der Waals surface area contributed by atoms with Crippen molar-refractivity contribution in [3.8, 4) is 0 Å². The lowest BCUT2D eigenvalue weighted by molar-refractivity contribution is 0.0853. The van der Waals surface area contributed by atoms with Crippen LogP contribution in [0.25, 0.3) is 0 Å². The predicted octanol–water partition coefficient (Wildman–Crippen LogP) is 2.15. The second-order valence-electron chi connectivity index (χ2n) is 5.52. The third-order valence-corrected chi connectivity index (χ3v) is 3.88. The van der Waals surface area contributed by atoms with Crippen molar-refractivity contribution in [2.24, 2.45) is 0 Å². The molecule has 2 heterocycles. The van der Waals surface area contributed by atoms with E-state index in [1.807, 2.05) is 42.3 Å². The van der Waals surface area contributed by atoms with Crippen LogP contribution in [0.2, 0.25) is 0 Å². The summed E-state index contributed by atoms with van der Waals surface area (Å²) in [6.45, 7) is 1.30. The molecule has 3 rings (SSSR count). The SMILES string of the molecule is CN(c1ccccc1)c1ccc(C(=O)NCC2CCCO2)nn1. The number of carbonyl (C=O) groups is 1. The molecular formula is C17H20N4O2. The summed E-state index contributed by atoms with van der Waals surface area (Å²) in [4.78, 5) is 14.0. The summed E-state index contributed by atoms with van der Waals surface area (Å²) >= 11 is 0. The van der Waals surface area contributed by atoms with Crippen molar-refractivity contribution < 1.29 is 9.53 Å². The lowest BCUT2D eigenvalue weighted by Gasteiger charge is -2.17. The number of nitrogens with one attached hydrogen (secondary N) is 1. The van der Waals surface area contributed by atoms with Crippen LogP contribution in [0.3, 0.4) is 0 Å². The molecule has 6 nitrogen and oxygen atoms in total. The molecule has 0 aliphatic carbocycles. The van der Waals surface area contributed by atoms with Crippen LogP contribution in [-0.4, -0.2) is 42.4 Å². The Hall–Kier alpha value is -2.47. The minimum Gasteiger partial charge on any atom is -0.376 e. The van der Waals surface area contributed by atoms with Crippen LogP contribution in [0.5, 0.6) is 0 Å². The molecule has 0 spiro atoms. The molecule has 1 aromatic carbocycles. The predicted molar refractivity (Wildman–Crippen MR) is 87.8 cm³/mol. The number of ether oxygens (including phenoxy) is 1. The van der Waals surface area contributed by atoms with Gasteiger partial charge in [0.1, 0.15) is 0 Å². The molecule has 1 saturated heterocycles. The van der Waals surface area contributed by atoms with Crippen molar-refractivity contribution in [2.45, 2.75) is 18.9 Å². The van der Waals surface area contributed by atoms with Crippen LogP contribution < -0.4 is 10.2 Å². The van der Waals surface area contributed by atoms with Gasteiger partial charge in [-0.3, -0.25) is 4.79 Å². The van der Waals surface area contributed by atoms with Crippen LogP contribution >= 0.6 is 0 Å². The quantitative estimate of drug-likeness (QED) is 0.916. The molecule has 0 bridgehead atoms. The molecular weight excluding hydrogens is 292 g/mol. The van der Waals surface area contributed by atoms with E-state index in [0.29, 0.717) is 18.1 Å². The summed E-state index contributed by atoms with van der Waals surface area (Å²) in [6.07, 6.45) is 2.17. The summed E-state index contributed by atoms with van der Waals surface area (Å²) in [5.41, 5.74) is 1.32. The zero-order valence-electron chi connectivity index (χ0n) is 13.1. The Kier molecular flexibility index (Phi) is 4.83. The normalized spacial score (nSPS) is 17.0. The highest BCUT2D eigenvalue weighted by Gasteiger charge is 2.17. The van der Waals surface area contributed by atoms with Gasteiger partial charge in [-0.05, 0) is 37.1 Å². The number of benzene rings is 1. The summed E-state index contributed by atoms with van der Waals surface area (Å²) in [5.74, 6) is 0.466. The molecule has 1 fully saturated rings.